The Hall–Kier alpha value is -1.83. The van der Waals surface area contributed by atoms with Gasteiger partial charge in [-0.1, -0.05) is 12.1 Å². The van der Waals surface area contributed by atoms with Crippen molar-refractivity contribution in [1.29, 1.82) is 0 Å². The summed E-state index contributed by atoms with van der Waals surface area (Å²) < 4.78 is 16.9. The zero-order valence-electron chi connectivity index (χ0n) is 17.2. The highest BCUT2D eigenvalue weighted by Crippen LogP contribution is 2.21. The first-order valence-electron chi connectivity index (χ1n) is 10.4. The lowest BCUT2D eigenvalue weighted by Gasteiger charge is -2.37. The highest BCUT2D eigenvalue weighted by molar-refractivity contribution is 5.80. The number of methoxy groups -OCH3 is 1. The maximum Gasteiger partial charge on any atom is 0.194 e. The summed E-state index contributed by atoms with van der Waals surface area (Å²) in [5, 5.41) is 6.77. The highest BCUT2D eigenvalue weighted by atomic mass is 16.5. The first-order chi connectivity index (χ1) is 13.8. The van der Waals surface area contributed by atoms with Crippen molar-refractivity contribution in [3.63, 3.8) is 0 Å². The summed E-state index contributed by atoms with van der Waals surface area (Å²) in [6.45, 7) is 8.38. The van der Waals surface area contributed by atoms with E-state index < -0.39 is 0 Å². The van der Waals surface area contributed by atoms with Crippen LogP contribution in [0.3, 0.4) is 0 Å². The van der Waals surface area contributed by atoms with E-state index in [1.807, 2.05) is 0 Å². The summed E-state index contributed by atoms with van der Waals surface area (Å²) in [5.41, 5.74) is 2.29. The molecule has 0 bridgehead atoms. The Morgan fingerprint density at radius 1 is 1.21 bits per heavy atom. The van der Waals surface area contributed by atoms with E-state index in [0.29, 0.717) is 13.2 Å². The molecule has 2 unspecified atom stereocenters. The summed E-state index contributed by atoms with van der Waals surface area (Å²) in [7, 11) is 1.71. The third-order valence-corrected chi connectivity index (χ3v) is 5.11. The van der Waals surface area contributed by atoms with E-state index in [2.05, 4.69) is 46.7 Å². The molecule has 156 valence electrons. The van der Waals surface area contributed by atoms with Crippen LogP contribution in [0.2, 0.25) is 0 Å². The van der Waals surface area contributed by atoms with Crippen LogP contribution < -0.4 is 10.6 Å². The van der Waals surface area contributed by atoms with Crippen molar-refractivity contribution in [2.45, 2.75) is 38.5 Å². The van der Waals surface area contributed by atoms with Crippen LogP contribution in [-0.2, 0) is 20.8 Å². The zero-order valence-corrected chi connectivity index (χ0v) is 17.2. The first-order valence-corrected chi connectivity index (χ1v) is 10.4. The van der Waals surface area contributed by atoms with E-state index in [9.17, 15) is 0 Å². The molecule has 0 radical (unpaired) electrons. The van der Waals surface area contributed by atoms with Crippen molar-refractivity contribution in [1.82, 2.24) is 10.2 Å². The monoisotopic (exact) mass is 390 g/mol. The molecule has 0 saturated carbocycles. The lowest BCUT2D eigenvalue weighted by molar-refractivity contribution is -0.0817. The average molecular weight is 391 g/mol. The number of ether oxygens (including phenoxy) is 3. The topological polar surface area (TPSA) is 67.4 Å². The van der Waals surface area contributed by atoms with Gasteiger partial charge in [-0.05, 0) is 37.5 Å². The third-order valence-electron chi connectivity index (χ3n) is 5.11. The molecule has 2 fully saturated rings. The van der Waals surface area contributed by atoms with E-state index in [-0.39, 0.29) is 12.2 Å². The first kappa shape index (κ1) is 20.9. The molecule has 7 heteroatoms. The van der Waals surface area contributed by atoms with E-state index >= 15 is 0 Å². The van der Waals surface area contributed by atoms with Crippen molar-refractivity contribution < 1.29 is 14.2 Å². The Kier molecular flexibility index (Phi) is 8.39. The predicted molar refractivity (Wildman–Crippen MR) is 112 cm³/mol. The van der Waals surface area contributed by atoms with Crippen molar-refractivity contribution in [3.8, 4) is 0 Å². The molecule has 3 rings (SSSR count). The van der Waals surface area contributed by atoms with Crippen LogP contribution in [0.25, 0.3) is 0 Å². The molecule has 0 aliphatic carbocycles. The number of morpholine rings is 1. The second kappa shape index (κ2) is 11.2. The fourth-order valence-electron chi connectivity index (χ4n) is 3.61. The van der Waals surface area contributed by atoms with E-state index in [1.165, 1.54) is 5.56 Å². The van der Waals surface area contributed by atoms with E-state index in [0.717, 1.165) is 63.9 Å². The smallest absolute Gasteiger partial charge is 0.194 e. The molecule has 2 atom stereocenters. The van der Waals surface area contributed by atoms with Crippen LogP contribution in [0.5, 0.6) is 0 Å². The Labute approximate surface area is 168 Å². The van der Waals surface area contributed by atoms with Crippen LogP contribution in [-0.4, -0.2) is 76.2 Å². The molecule has 2 heterocycles. The number of benzene rings is 1. The summed E-state index contributed by atoms with van der Waals surface area (Å²) in [5.74, 6) is 0.955. The normalized spacial score (nSPS) is 23.1. The number of aliphatic imine (C=N–C) groups is 1. The number of nitrogens with one attached hydrogen (secondary N) is 2. The van der Waals surface area contributed by atoms with Gasteiger partial charge < -0.3 is 29.7 Å². The maximum atomic E-state index is 5.97. The molecule has 2 aliphatic rings. The summed E-state index contributed by atoms with van der Waals surface area (Å²) in [6.07, 6.45) is 2.59. The lowest BCUT2D eigenvalue weighted by Crippen LogP contribution is -2.53. The molecule has 7 nitrogen and oxygen atoms in total. The van der Waals surface area contributed by atoms with Crippen molar-refractivity contribution in [3.05, 3.63) is 29.8 Å². The van der Waals surface area contributed by atoms with Gasteiger partial charge in [-0.2, -0.15) is 0 Å². The number of rotatable bonds is 8. The highest BCUT2D eigenvalue weighted by Gasteiger charge is 2.32. The van der Waals surface area contributed by atoms with Gasteiger partial charge in [0, 0.05) is 45.6 Å². The minimum absolute atomic E-state index is 0.137. The summed E-state index contributed by atoms with van der Waals surface area (Å²) in [6, 6.07) is 8.43. The van der Waals surface area contributed by atoms with Crippen LogP contribution in [0.15, 0.2) is 29.3 Å². The van der Waals surface area contributed by atoms with Gasteiger partial charge in [0.2, 0.25) is 0 Å². The fourth-order valence-corrected chi connectivity index (χ4v) is 3.61. The molecule has 0 amide bonds. The molecule has 2 N–H and O–H groups in total. The predicted octanol–water partition coefficient (Wildman–Crippen LogP) is 2.09. The minimum atomic E-state index is 0.137. The zero-order chi connectivity index (χ0) is 19.6. The number of anilines is 1. The number of guanidine groups is 1. The molecule has 0 spiro atoms. The van der Waals surface area contributed by atoms with Crippen LogP contribution in [0, 0.1) is 0 Å². The average Bonchev–Trinajstić information content (AvgIpc) is 3.27. The Morgan fingerprint density at radius 3 is 2.75 bits per heavy atom. The van der Waals surface area contributed by atoms with E-state index in [4.69, 9.17) is 19.2 Å². The van der Waals surface area contributed by atoms with Gasteiger partial charge in [0.25, 0.3) is 0 Å². The van der Waals surface area contributed by atoms with Crippen molar-refractivity contribution in [2.75, 3.05) is 58.4 Å². The van der Waals surface area contributed by atoms with Gasteiger partial charge in [-0.3, -0.25) is 0 Å². The summed E-state index contributed by atoms with van der Waals surface area (Å²) >= 11 is 0. The van der Waals surface area contributed by atoms with Crippen LogP contribution >= 0.6 is 0 Å². The number of hydrogen-bond acceptors (Lipinski definition) is 5. The molecular formula is C21H34N4O3. The van der Waals surface area contributed by atoms with Crippen LogP contribution in [0.4, 0.5) is 5.69 Å². The summed E-state index contributed by atoms with van der Waals surface area (Å²) in [4.78, 5) is 7.17. The van der Waals surface area contributed by atoms with Gasteiger partial charge in [0.15, 0.2) is 5.96 Å². The standard InChI is InChI=1S/C21H34N4O3/c1-3-22-21(25-11-14-28-20(16-25)19-5-4-12-27-19)24-15-17-6-8-18(9-7-17)23-10-13-26-2/h6-9,19-20,23H,3-5,10-16H2,1-2H3,(H,22,24). The molecular weight excluding hydrogens is 356 g/mol. The molecule has 1 aromatic rings. The van der Waals surface area contributed by atoms with Gasteiger partial charge in [-0.15, -0.1) is 0 Å². The largest absolute Gasteiger partial charge is 0.383 e. The lowest BCUT2D eigenvalue weighted by atomic mass is 10.1. The Bertz CT molecular complexity index is 602. The fraction of sp³-hybridized carbons (Fsp3) is 0.667. The van der Waals surface area contributed by atoms with Crippen molar-refractivity contribution >= 4 is 11.6 Å². The third kappa shape index (κ3) is 6.09. The maximum absolute atomic E-state index is 5.97. The minimum Gasteiger partial charge on any atom is -0.383 e. The van der Waals surface area contributed by atoms with Gasteiger partial charge in [-0.25, -0.2) is 4.99 Å². The number of nitrogens with zero attached hydrogens (tertiary/aromatic N) is 2. The van der Waals surface area contributed by atoms with Crippen LogP contribution in [0.1, 0.15) is 25.3 Å². The van der Waals surface area contributed by atoms with Gasteiger partial charge in [0.05, 0.1) is 25.9 Å². The van der Waals surface area contributed by atoms with Gasteiger partial charge in [0.1, 0.15) is 6.10 Å². The quantitative estimate of drug-likeness (QED) is 0.403. The molecule has 0 aromatic heterocycles. The van der Waals surface area contributed by atoms with Gasteiger partial charge >= 0.3 is 0 Å². The molecule has 2 saturated heterocycles. The molecule has 2 aliphatic heterocycles. The number of hydrogen-bond donors (Lipinski definition) is 2. The Balaban J connectivity index is 1.57. The molecule has 28 heavy (non-hydrogen) atoms. The molecule has 1 aromatic carbocycles. The van der Waals surface area contributed by atoms with Crippen molar-refractivity contribution in [2.24, 2.45) is 4.99 Å². The SMILES string of the molecule is CCNC(=NCc1ccc(NCCOC)cc1)N1CCOC(C2CCCO2)C1. The second-order valence-electron chi connectivity index (χ2n) is 7.19. The second-order valence-corrected chi connectivity index (χ2v) is 7.19. The Morgan fingerprint density at radius 2 is 2.04 bits per heavy atom. The van der Waals surface area contributed by atoms with E-state index in [1.54, 1.807) is 7.11 Å².